The number of nitrogens with zero attached hydrogens (tertiary/aromatic N) is 1. The fourth-order valence-corrected chi connectivity index (χ4v) is 3.00. The monoisotopic (exact) mass is 354 g/mol. The summed E-state index contributed by atoms with van der Waals surface area (Å²) in [6.07, 6.45) is 3.77. The Bertz CT molecular complexity index is 666. The van der Waals surface area contributed by atoms with Gasteiger partial charge in [0, 0.05) is 17.6 Å². The number of hydrogen-bond donors (Lipinski definition) is 3. The predicted octanol–water partition coefficient (Wildman–Crippen LogP) is 3.15. The van der Waals surface area contributed by atoms with Gasteiger partial charge in [-0.3, -0.25) is 9.89 Å². The average Bonchev–Trinajstić information content (AvgIpc) is 3.00. The Kier molecular flexibility index (Phi) is 6.04. The number of aromatic amines is 1. The second-order valence-corrected chi connectivity index (χ2v) is 6.14. The summed E-state index contributed by atoms with van der Waals surface area (Å²) in [5, 5.41) is 10.6. The molecule has 1 fully saturated rings. The largest absolute Gasteiger partial charge is 0.348 e. The van der Waals surface area contributed by atoms with Crippen LogP contribution in [0.15, 0.2) is 30.3 Å². The molecule has 5 nitrogen and oxygen atoms in total. The first-order valence-electron chi connectivity index (χ1n) is 7.50. The van der Waals surface area contributed by atoms with Crippen molar-refractivity contribution in [2.75, 3.05) is 0 Å². The summed E-state index contributed by atoms with van der Waals surface area (Å²) < 4.78 is 0. The normalized spacial score (nSPS) is 20.6. The molecule has 124 valence electrons. The molecule has 2 aromatic rings. The number of halogens is 2. The van der Waals surface area contributed by atoms with Crippen LogP contribution in [0.25, 0.3) is 11.3 Å². The van der Waals surface area contributed by atoms with Crippen molar-refractivity contribution in [1.29, 1.82) is 0 Å². The zero-order chi connectivity index (χ0) is 15.5. The first-order chi connectivity index (χ1) is 10.6. The van der Waals surface area contributed by atoms with Crippen LogP contribution in [0.4, 0.5) is 0 Å². The number of hydrogen-bond acceptors (Lipinski definition) is 3. The molecule has 0 radical (unpaired) electrons. The van der Waals surface area contributed by atoms with Crippen molar-refractivity contribution in [3.63, 3.8) is 0 Å². The van der Waals surface area contributed by atoms with E-state index in [1.807, 2.05) is 18.2 Å². The second kappa shape index (κ2) is 7.81. The van der Waals surface area contributed by atoms with Gasteiger partial charge in [0.25, 0.3) is 5.91 Å². The van der Waals surface area contributed by atoms with Crippen molar-refractivity contribution >= 4 is 29.9 Å². The molecule has 1 aliphatic carbocycles. The molecular formula is C16H20Cl2N4O. The van der Waals surface area contributed by atoms with Crippen LogP contribution in [0.3, 0.4) is 0 Å². The van der Waals surface area contributed by atoms with Gasteiger partial charge in [-0.2, -0.15) is 5.10 Å². The fraction of sp³-hybridized carbons (Fsp3) is 0.375. The zero-order valence-electron chi connectivity index (χ0n) is 12.6. The van der Waals surface area contributed by atoms with Crippen LogP contribution in [0.2, 0.25) is 5.02 Å². The van der Waals surface area contributed by atoms with E-state index in [1.54, 1.807) is 12.1 Å². The molecule has 23 heavy (non-hydrogen) atoms. The SMILES string of the molecule is Cl.NC1CCC(NC(=O)c2cc(-c3ccccc3Cl)n[nH]2)CC1. The van der Waals surface area contributed by atoms with Gasteiger partial charge in [-0.05, 0) is 37.8 Å². The number of H-pyrrole nitrogens is 1. The van der Waals surface area contributed by atoms with Gasteiger partial charge >= 0.3 is 0 Å². The van der Waals surface area contributed by atoms with Gasteiger partial charge < -0.3 is 11.1 Å². The molecule has 0 spiro atoms. The lowest BCUT2D eigenvalue weighted by molar-refractivity contribution is 0.0921. The topological polar surface area (TPSA) is 83.8 Å². The Morgan fingerprint density at radius 1 is 1.26 bits per heavy atom. The second-order valence-electron chi connectivity index (χ2n) is 5.73. The number of nitrogens with two attached hydrogens (primary N) is 1. The number of carbonyl (C=O) groups is 1. The standard InChI is InChI=1S/C16H19ClN4O.ClH/c17-13-4-2-1-3-12(13)14-9-15(21-20-14)16(22)19-11-7-5-10(18)6-8-11;/h1-4,9-11H,5-8,18H2,(H,19,22)(H,20,21);1H. The minimum absolute atomic E-state index is 0. The van der Waals surface area contributed by atoms with Crippen LogP contribution >= 0.6 is 24.0 Å². The molecule has 0 saturated heterocycles. The van der Waals surface area contributed by atoms with E-state index >= 15 is 0 Å². The molecule has 1 aliphatic rings. The fourth-order valence-electron chi connectivity index (χ4n) is 2.77. The summed E-state index contributed by atoms with van der Waals surface area (Å²) in [7, 11) is 0. The minimum Gasteiger partial charge on any atom is -0.348 e. The van der Waals surface area contributed by atoms with Crippen molar-refractivity contribution < 1.29 is 4.79 Å². The number of rotatable bonds is 3. The molecule has 1 aromatic carbocycles. The molecule has 0 unspecified atom stereocenters. The van der Waals surface area contributed by atoms with Gasteiger partial charge in [0.2, 0.25) is 0 Å². The first-order valence-corrected chi connectivity index (χ1v) is 7.88. The third-order valence-electron chi connectivity index (χ3n) is 4.08. The summed E-state index contributed by atoms with van der Waals surface area (Å²) in [4.78, 5) is 12.3. The Morgan fingerprint density at radius 3 is 2.65 bits per heavy atom. The highest BCUT2D eigenvalue weighted by atomic mass is 35.5. The lowest BCUT2D eigenvalue weighted by atomic mass is 9.92. The number of aromatic nitrogens is 2. The van der Waals surface area contributed by atoms with Crippen molar-refractivity contribution in [3.8, 4) is 11.3 Å². The summed E-state index contributed by atoms with van der Waals surface area (Å²) >= 11 is 6.15. The average molecular weight is 355 g/mol. The highest BCUT2D eigenvalue weighted by Gasteiger charge is 2.21. The molecule has 0 atom stereocenters. The van der Waals surface area contributed by atoms with E-state index < -0.39 is 0 Å². The van der Waals surface area contributed by atoms with Gasteiger partial charge in [0.05, 0.1) is 10.7 Å². The van der Waals surface area contributed by atoms with E-state index in [-0.39, 0.29) is 30.4 Å². The van der Waals surface area contributed by atoms with Gasteiger partial charge in [-0.25, -0.2) is 0 Å². The summed E-state index contributed by atoms with van der Waals surface area (Å²) in [5.41, 5.74) is 7.80. The van der Waals surface area contributed by atoms with Gasteiger partial charge in [0.15, 0.2) is 0 Å². The van der Waals surface area contributed by atoms with E-state index in [4.69, 9.17) is 17.3 Å². The molecule has 0 aliphatic heterocycles. The van der Waals surface area contributed by atoms with Gasteiger partial charge in [0.1, 0.15) is 5.69 Å². The van der Waals surface area contributed by atoms with Crippen molar-refractivity contribution in [1.82, 2.24) is 15.5 Å². The Hall–Kier alpha value is -1.56. The van der Waals surface area contributed by atoms with Crippen molar-refractivity contribution in [3.05, 3.63) is 41.0 Å². The maximum atomic E-state index is 12.3. The molecular weight excluding hydrogens is 335 g/mol. The van der Waals surface area contributed by atoms with E-state index in [2.05, 4.69) is 15.5 Å². The molecule has 3 rings (SSSR count). The Morgan fingerprint density at radius 2 is 1.96 bits per heavy atom. The predicted molar refractivity (Wildman–Crippen MR) is 94.0 cm³/mol. The van der Waals surface area contributed by atoms with Crippen molar-refractivity contribution in [2.45, 2.75) is 37.8 Å². The van der Waals surface area contributed by atoms with Crippen LogP contribution in [0, 0.1) is 0 Å². The summed E-state index contributed by atoms with van der Waals surface area (Å²) in [6.45, 7) is 0. The van der Waals surface area contributed by atoms with E-state index in [1.165, 1.54) is 0 Å². The highest BCUT2D eigenvalue weighted by Crippen LogP contribution is 2.26. The third-order valence-corrected chi connectivity index (χ3v) is 4.41. The number of benzene rings is 1. The van der Waals surface area contributed by atoms with Crippen LogP contribution in [0.1, 0.15) is 36.2 Å². The summed E-state index contributed by atoms with van der Waals surface area (Å²) in [5.74, 6) is -0.133. The number of carbonyl (C=O) groups excluding carboxylic acids is 1. The molecule has 1 amide bonds. The molecule has 4 N–H and O–H groups in total. The Balaban J connectivity index is 0.00000192. The van der Waals surface area contributed by atoms with Crippen LogP contribution < -0.4 is 11.1 Å². The lowest BCUT2D eigenvalue weighted by Gasteiger charge is -2.26. The Labute approximate surface area is 146 Å². The summed E-state index contributed by atoms with van der Waals surface area (Å²) in [6, 6.07) is 9.62. The van der Waals surface area contributed by atoms with Crippen LogP contribution in [0.5, 0.6) is 0 Å². The first kappa shape index (κ1) is 17.8. The number of nitrogens with one attached hydrogen (secondary N) is 2. The van der Waals surface area contributed by atoms with Gasteiger partial charge in [-0.15, -0.1) is 12.4 Å². The third kappa shape index (κ3) is 4.25. The molecule has 1 aromatic heterocycles. The lowest BCUT2D eigenvalue weighted by Crippen LogP contribution is -2.40. The highest BCUT2D eigenvalue weighted by molar-refractivity contribution is 6.33. The number of amides is 1. The van der Waals surface area contributed by atoms with E-state index in [0.29, 0.717) is 16.4 Å². The minimum atomic E-state index is -0.133. The molecule has 0 bridgehead atoms. The van der Waals surface area contributed by atoms with Crippen LogP contribution in [-0.4, -0.2) is 28.2 Å². The molecule has 7 heteroatoms. The van der Waals surface area contributed by atoms with Gasteiger partial charge in [-0.1, -0.05) is 29.8 Å². The quantitative estimate of drug-likeness (QED) is 0.791. The van der Waals surface area contributed by atoms with Crippen LogP contribution in [-0.2, 0) is 0 Å². The molecule has 1 saturated carbocycles. The molecule has 1 heterocycles. The maximum absolute atomic E-state index is 12.3. The maximum Gasteiger partial charge on any atom is 0.269 e. The smallest absolute Gasteiger partial charge is 0.269 e. The zero-order valence-corrected chi connectivity index (χ0v) is 14.2. The van der Waals surface area contributed by atoms with E-state index in [9.17, 15) is 4.79 Å². The van der Waals surface area contributed by atoms with Crippen molar-refractivity contribution in [2.24, 2.45) is 5.73 Å². The van der Waals surface area contributed by atoms with E-state index in [0.717, 1.165) is 31.2 Å².